The number of amides is 1. The highest BCUT2D eigenvalue weighted by Gasteiger charge is 2.37. The van der Waals surface area contributed by atoms with Crippen LogP contribution < -0.4 is 0 Å². The number of aliphatic hydroxyl groups is 1. The Morgan fingerprint density at radius 3 is 2.12 bits per heavy atom. The minimum Gasteiger partial charge on any atom is -0.392 e. The van der Waals surface area contributed by atoms with Crippen LogP contribution in [0.15, 0.2) is 121 Å². The van der Waals surface area contributed by atoms with Gasteiger partial charge in [-0.25, -0.2) is 0 Å². The molecule has 0 aliphatic carbocycles. The molecular weight excluding hydrogens is 596 g/mol. The van der Waals surface area contributed by atoms with Gasteiger partial charge in [0, 0.05) is 62.8 Å². The van der Waals surface area contributed by atoms with Crippen LogP contribution in [0.3, 0.4) is 0 Å². The summed E-state index contributed by atoms with van der Waals surface area (Å²) in [5, 5.41) is 12.1. The van der Waals surface area contributed by atoms with Crippen LogP contribution in [0.5, 0.6) is 0 Å². The maximum Gasteiger partial charge on any atom is 0.240 e. The third-order valence-electron chi connectivity index (χ3n) is 9.95. The van der Waals surface area contributed by atoms with E-state index in [-0.39, 0.29) is 30.2 Å². The van der Waals surface area contributed by atoms with Crippen molar-refractivity contribution in [3.8, 4) is 0 Å². The first-order valence-corrected chi connectivity index (χ1v) is 17.0. The molecule has 1 N–H and O–H groups in total. The number of carbonyl (C=O) groups excluding carboxylic acids is 2. The standard InChI is InChI=1S/C41H42N4O3/c46-34(20-21-39(47)36-17-9-19-37-35(36)18-10-22-42-37)29-45-28-33-16-8-7-15-32(33)27-38(45)41(48)44-25-23-43(24-26-44)40(30-11-3-1-4-12-30)31-13-5-2-6-14-31/h1-19,22,34,38,40,46H,20-21,23-29H2/t34?,38-/m0/s1. The van der Waals surface area contributed by atoms with Crippen molar-refractivity contribution >= 4 is 22.6 Å². The van der Waals surface area contributed by atoms with E-state index < -0.39 is 6.10 Å². The number of rotatable bonds is 10. The fourth-order valence-corrected chi connectivity index (χ4v) is 7.45. The van der Waals surface area contributed by atoms with Gasteiger partial charge >= 0.3 is 0 Å². The van der Waals surface area contributed by atoms with E-state index in [0.717, 1.165) is 24.0 Å². The molecule has 1 saturated heterocycles. The van der Waals surface area contributed by atoms with Crippen LogP contribution in [-0.4, -0.2) is 81.4 Å². The number of hydrogen-bond acceptors (Lipinski definition) is 6. The molecule has 0 radical (unpaired) electrons. The number of carbonyl (C=O) groups is 2. The number of aliphatic hydroxyl groups excluding tert-OH is 1. The van der Waals surface area contributed by atoms with Crippen molar-refractivity contribution in [1.29, 1.82) is 0 Å². The normalized spacial score (nSPS) is 17.7. The van der Waals surface area contributed by atoms with Gasteiger partial charge in [-0.1, -0.05) is 103 Å². The zero-order valence-corrected chi connectivity index (χ0v) is 27.2. The molecule has 7 nitrogen and oxygen atoms in total. The molecule has 4 aromatic carbocycles. The van der Waals surface area contributed by atoms with E-state index in [0.29, 0.717) is 44.6 Å². The number of nitrogens with zero attached hydrogens (tertiary/aromatic N) is 4. The van der Waals surface area contributed by atoms with Crippen molar-refractivity contribution in [3.05, 3.63) is 149 Å². The fraction of sp³-hybridized carbons (Fsp3) is 0.293. The second-order valence-corrected chi connectivity index (χ2v) is 13.0. The van der Waals surface area contributed by atoms with Gasteiger partial charge in [-0.2, -0.15) is 0 Å². The summed E-state index contributed by atoms with van der Waals surface area (Å²) in [7, 11) is 0. The van der Waals surface area contributed by atoms with Crippen molar-refractivity contribution < 1.29 is 14.7 Å². The molecule has 7 heteroatoms. The Kier molecular flexibility index (Phi) is 9.70. The topological polar surface area (TPSA) is 77.0 Å². The number of β-amino-alcohol motifs (C(OH)–C–C–N with tert-alkyl or cyclic N) is 1. The first-order chi connectivity index (χ1) is 23.5. The maximum absolute atomic E-state index is 14.3. The lowest BCUT2D eigenvalue weighted by Crippen LogP contribution is -2.57. The van der Waals surface area contributed by atoms with Crippen molar-refractivity contribution in [1.82, 2.24) is 19.7 Å². The monoisotopic (exact) mass is 638 g/mol. The predicted octanol–water partition coefficient (Wildman–Crippen LogP) is 5.92. The number of ketones is 1. The molecular formula is C41H42N4O3. The number of piperazine rings is 1. The molecule has 0 spiro atoms. The Labute approximate surface area is 282 Å². The molecule has 1 aromatic heterocycles. The van der Waals surface area contributed by atoms with Gasteiger partial charge in [-0.15, -0.1) is 0 Å². The van der Waals surface area contributed by atoms with Gasteiger partial charge in [-0.05, 0) is 47.2 Å². The molecule has 2 atom stereocenters. The minimum absolute atomic E-state index is 0.00792. The second kappa shape index (κ2) is 14.6. The molecule has 5 aromatic rings. The highest BCUT2D eigenvalue weighted by atomic mass is 16.3. The zero-order chi connectivity index (χ0) is 32.9. The Morgan fingerprint density at radius 2 is 1.42 bits per heavy atom. The third kappa shape index (κ3) is 6.95. The molecule has 3 heterocycles. The first-order valence-electron chi connectivity index (χ1n) is 17.0. The van der Waals surface area contributed by atoms with Gasteiger partial charge < -0.3 is 10.0 Å². The number of fused-ring (bicyclic) bond motifs is 2. The largest absolute Gasteiger partial charge is 0.392 e. The molecule has 0 saturated carbocycles. The van der Waals surface area contributed by atoms with Crippen molar-refractivity contribution in [2.75, 3.05) is 32.7 Å². The van der Waals surface area contributed by atoms with E-state index >= 15 is 0 Å². The summed E-state index contributed by atoms with van der Waals surface area (Å²) < 4.78 is 0. The summed E-state index contributed by atoms with van der Waals surface area (Å²) in [6, 6.07) is 38.6. The highest BCUT2D eigenvalue weighted by Crippen LogP contribution is 2.31. The number of Topliss-reactive ketones (excluding diaryl/α,β-unsaturated/α-hetero) is 1. The molecule has 244 valence electrons. The average molecular weight is 639 g/mol. The second-order valence-electron chi connectivity index (χ2n) is 13.0. The average Bonchev–Trinajstić information content (AvgIpc) is 3.14. The molecule has 2 aliphatic rings. The van der Waals surface area contributed by atoms with Gasteiger partial charge in [0.1, 0.15) is 0 Å². The molecule has 48 heavy (non-hydrogen) atoms. The lowest BCUT2D eigenvalue weighted by Gasteiger charge is -2.43. The van der Waals surface area contributed by atoms with Crippen LogP contribution in [0.4, 0.5) is 0 Å². The number of pyridine rings is 1. The molecule has 1 unspecified atom stereocenters. The van der Waals surface area contributed by atoms with Crippen LogP contribution in [0, 0.1) is 0 Å². The van der Waals surface area contributed by atoms with Gasteiger partial charge in [-0.3, -0.25) is 24.4 Å². The fourth-order valence-electron chi connectivity index (χ4n) is 7.45. The van der Waals surface area contributed by atoms with Crippen molar-refractivity contribution in [2.45, 2.75) is 44.0 Å². The van der Waals surface area contributed by atoms with E-state index in [2.05, 4.69) is 75.4 Å². The third-order valence-corrected chi connectivity index (χ3v) is 9.95. The Bertz CT molecular complexity index is 1810. The summed E-state index contributed by atoms with van der Waals surface area (Å²) in [5.41, 5.74) is 6.30. The molecule has 2 aliphatic heterocycles. The number of aromatic nitrogens is 1. The molecule has 1 fully saturated rings. The van der Waals surface area contributed by atoms with Gasteiger partial charge in [0.15, 0.2) is 5.78 Å². The van der Waals surface area contributed by atoms with E-state index in [1.54, 1.807) is 6.20 Å². The lowest BCUT2D eigenvalue weighted by atomic mass is 9.92. The summed E-state index contributed by atoms with van der Waals surface area (Å²) in [4.78, 5) is 38.5. The lowest BCUT2D eigenvalue weighted by molar-refractivity contribution is -0.140. The first kappa shape index (κ1) is 31.9. The van der Waals surface area contributed by atoms with Crippen LogP contribution in [0.2, 0.25) is 0 Å². The van der Waals surface area contributed by atoms with Gasteiger partial charge in [0.2, 0.25) is 5.91 Å². The Morgan fingerprint density at radius 1 is 0.750 bits per heavy atom. The van der Waals surface area contributed by atoms with Crippen molar-refractivity contribution in [3.63, 3.8) is 0 Å². The Balaban J connectivity index is 1.02. The highest BCUT2D eigenvalue weighted by molar-refractivity contribution is 6.07. The van der Waals surface area contributed by atoms with E-state index in [1.807, 2.05) is 59.5 Å². The minimum atomic E-state index is -0.739. The molecule has 0 bridgehead atoms. The molecule has 1 amide bonds. The van der Waals surface area contributed by atoms with E-state index in [9.17, 15) is 14.7 Å². The van der Waals surface area contributed by atoms with E-state index in [4.69, 9.17) is 0 Å². The van der Waals surface area contributed by atoms with Crippen LogP contribution in [-0.2, 0) is 17.8 Å². The van der Waals surface area contributed by atoms with Gasteiger partial charge in [0.05, 0.1) is 23.7 Å². The van der Waals surface area contributed by atoms with Crippen LogP contribution in [0.25, 0.3) is 10.9 Å². The van der Waals surface area contributed by atoms with Crippen LogP contribution in [0.1, 0.15) is 51.5 Å². The van der Waals surface area contributed by atoms with Crippen LogP contribution >= 0.6 is 0 Å². The quantitative estimate of drug-likeness (QED) is 0.192. The number of hydrogen-bond donors (Lipinski definition) is 1. The smallest absolute Gasteiger partial charge is 0.240 e. The maximum atomic E-state index is 14.3. The SMILES string of the molecule is O=C(CCC(O)CN1Cc2ccccc2C[C@H]1C(=O)N1CCN(C(c2ccccc2)c2ccccc2)CC1)c1cccc2ncccc12. The summed E-state index contributed by atoms with van der Waals surface area (Å²) in [6.07, 6.45) is 2.15. The van der Waals surface area contributed by atoms with E-state index in [1.165, 1.54) is 22.3 Å². The number of benzene rings is 4. The van der Waals surface area contributed by atoms with Crippen molar-refractivity contribution in [2.24, 2.45) is 0 Å². The molecule has 7 rings (SSSR count). The Hall–Kier alpha value is -4.69. The summed E-state index contributed by atoms with van der Waals surface area (Å²) >= 11 is 0. The van der Waals surface area contributed by atoms with Gasteiger partial charge in [0.25, 0.3) is 0 Å². The zero-order valence-electron chi connectivity index (χ0n) is 27.2. The summed E-state index contributed by atoms with van der Waals surface area (Å²) in [6.45, 7) is 3.78. The predicted molar refractivity (Wildman–Crippen MR) is 189 cm³/mol. The summed E-state index contributed by atoms with van der Waals surface area (Å²) in [5.74, 6) is 0.109.